The van der Waals surface area contributed by atoms with Crippen LogP contribution in [0.1, 0.15) is 6.92 Å². The van der Waals surface area contributed by atoms with Gasteiger partial charge in [-0.1, -0.05) is 0 Å². The van der Waals surface area contributed by atoms with E-state index < -0.39 is 0 Å². The molecule has 94 valence electrons. The topological polar surface area (TPSA) is 56.8 Å². The van der Waals surface area contributed by atoms with Gasteiger partial charge in [-0.2, -0.15) is 0 Å². The summed E-state index contributed by atoms with van der Waals surface area (Å²) >= 11 is 0. The van der Waals surface area contributed by atoms with Gasteiger partial charge in [0.15, 0.2) is 0 Å². The Bertz CT molecular complexity index is 357. The highest BCUT2D eigenvalue weighted by atomic mass is 16.5. The Hall–Kier alpha value is -1.75. The number of rotatable bonds is 6. The number of hydrogen-bond acceptors (Lipinski definition) is 4. The fourth-order valence-corrected chi connectivity index (χ4v) is 1.27. The second-order valence-corrected chi connectivity index (χ2v) is 3.29. The Morgan fingerprint density at radius 1 is 1.18 bits per heavy atom. The Morgan fingerprint density at radius 3 is 2.24 bits per heavy atom. The van der Waals surface area contributed by atoms with Crippen molar-refractivity contribution in [3.8, 4) is 11.5 Å². The van der Waals surface area contributed by atoms with Gasteiger partial charge in [0.05, 0.1) is 14.2 Å². The van der Waals surface area contributed by atoms with Crippen LogP contribution in [0.15, 0.2) is 18.2 Å². The van der Waals surface area contributed by atoms with E-state index in [-0.39, 0.29) is 12.5 Å². The molecule has 0 saturated carbocycles. The molecule has 0 unspecified atom stereocenters. The predicted octanol–water partition coefficient (Wildman–Crippen LogP) is 1.68. The number of hydrogen-bond donors (Lipinski definition) is 1. The fraction of sp³-hybridized carbons (Fsp3) is 0.417. The van der Waals surface area contributed by atoms with Gasteiger partial charge in [-0.3, -0.25) is 4.79 Å². The highest BCUT2D eigenvalue weighted by Crippen LogP contribution is 2.25. The highest BCUT2D eigenvalue weighted by Gasteiger charge is 2.05. The van der Waals surface area contributed by atoms with E-state index in [0.29, 0.717) is 23.8 Å². The van der Waals surface area contributed by atoms with Crippen molar-refractivity contribution < 1.29 is 19.0 Å². The van der Waals surface area contributed by atoms with E-state index in [9.17, 15) is 4.79 Å². The molecule has 0 heterocycles. The van der Waals surface area contributed by atoms with Crippen molar-refractivity contribution in [3.63, 3.8) is 0 Å². The lowest BCUT2D eigenvalue weighted by Gasteiger charge is -2.09. The molecular formula is C12H17NO4. The normalized spacial score (nSPS) is 9.82. The zero-order valence-electron chi connectivity index (χ0n) is 10.3. The molecule has 5 heteroatoms. The number of benzene rings is 1. The summed E-state index contributed by atoms with van der Waals surface area (Å²) < 4.78 is 15.2. The van der Waals surface area contributed by atoms with E-state index in [0.717, 1.165) is 0 Å². The lowest BCUT2D eigenvalue weighted by molar-refractivity contribution is -0.120. The van der Waals surface area contributed by atoms with E-state index in [1.54, 1.807) is 32.4 Å². The SMILES string of the molecule is CCOCC(=O)Nc1cc(OC)cc(OC)c1. The fourth-order valence-electron chi connectivity index (χ4n) is 1.27. The van der Waals surface area contributed by atoms with Crippen molar-refractivity contribution in [3.05, 3.63) is 18.2 Å². The summed E-state index contributed by atoms with van der Waals surface area (Å²) in [6, 6.07) is 5.16. The van der Waals surface area contributed by atoms with Crippen LogP contribution in [0.25, 0.3) is 0 Å². The van der Waals surface area contributed by atoms with E-state index in [4.69, 9.17) is 14.2 Å². The Labute approximate surface area is 101 Å². The van der Waals surface area contributed by atoms with Gasteiger partial charge < -0.3 is 19.5 Å². The number of anilines is 1. The first-order valence-corrected chi connectivity index (χ1v) is 5.30. The smallest absolute Gasteiger partial charge is 0.250 e. The lowest BCUT2D eigenvalue weighted by Crippen LogP contribution is -2.18. The lowest BCUT2D eigenvalue weighted by atomic mass is 10.2. The largest absolute Gasteiger partial charge is 0.497 e. The average molecular weight is 239 g/mol. The Morgan fingerprint density at radius 2 is 1.76 bits per heavy atom. The summed E-state index contributed by atoms with van der Waals surface area (Å²) in [5, 5.41) is 2.70. The van der Waals surface area contributed by atoms with E-state index in [1.807, 2.05) is 6.92 Å². The average Bonchev–Trinajstić information content (AvgIpc) is 2.35. The molecule has 5 nitrogen and oxygen atoms in total. The molecule has 0 aliphatic rings. The van der Waals surface area contributed by atoms with Gasteiger partial charge in [0.1, 0.15) is 18.1 Å². The van der Waals surface area contributed by atoms with Gasteiger partial charge in [-0.05, 0) is 6.92 Å². The number of methoxy groups -OCH3 is 2. The van der Waals surface area contributed by atoms with Gasteiger partial charge in [0, 0.05) is 30.5 Å². The Kier molecular flexibility index (Phi) is 5.29. The summed E-state index contributed by atoms with van der Waals surface area (Å²) in [4.78, 5) is 11.5. The molecule has 0 aliphatic heterocycles. The van der Waals surface area contributed by atoms with Crippen LogP contribution in [0, 0.1) is 0 Å². The van der Waals surface area contributed by atoms with Crippen LogP contribution in [0.2, 0.25) is 0 Å². The first-order chi connectivity index (χ1) is 8.19. The molecule has 0 aromatic heterocycles. The molecule has 1 N–H and O–H groups in total. The van der Waals surface area contributed by atoms with Gasteiger partial charge in [0.2, 0.25) is 5.91 Å². The minimum absolute atomic E-state index is 0.0377. The molecule has 17 heavy (non-hydrogen) atoms. The predicted molar refractivity (Wildman–Crippen MR) is 64.7 cm³/mol. The second-order valence-electron chi connectivity index (χ2n) is 3.29. The summed E-state index contributed by atoms with van der Waals surface area (Å²) in [6.07, 6.45) is 0. The first-order valence-electron chi connectivity index (χ1n) is 5.30. The summed E-state index contributed by atoms with van der Waals surface area (Å²) in [7, 11) is 3.11. The number of ether oxygens (including phenoxy) is 3. The van der Waals surface area contributed by atoms with Crippen molar-refractivity contribution >= 4 is 11.6 Å². The van der Waals surface area contributed by atoms with E-state index in [2.05, 4.69) is 5.32 Å². The van der Waals surface area contributed by atoms with Crippen LogP contribution < -0.4 is 14.8 Å². The number of carbonyl (C=O) groups excluding carboxylic acids is 1. The molecule has 1 aromatic carbocycles. The number of nitrogens with one attached hydrogen (secondary N) is 1. The van der Waals surface area contributed by atoms with Crippen molar-refractivity contribution in [2.24, 2.45) is 0 Å². The third-order valence-corrected chi connectivity index (χ3v) is 2.07. The van der Waals surface area contributed by atoms with Crippen LogP contribution in [0.3, 0.4) is 0 Å². The van der Waals surface area contributed by atoms with Gasteiger partial charge >= 0.3 is 0 Å². The van der Waals surface area contributed by atoms with Crippen molar-refractivity contribution in [1.29, 1.82) is 0 Å². The van der Waals surface area contributed by atoms with Crippen LogP contribution >= 0.6 is 0 Å². The second kappa shape index (κ2) is 6.75. The Balaban J connectivity index is 2.72. The van der Waals surface area contributed by atoms with Crippen LogP contribution in [0.4, 0.5) is 5.69 Å². The van der Waals surface area contributed by atoms with Crippen molar-refractivity contribution in [2.45, 2.75) is 6.92 Å². The molecule has 0 bridgehead atoms. The zero-order valence-corrected chi connectivity index (χ0v) is 10.3. The molecular weight excluding hydrogens is 222 g/mol. The molecule has 1 amide bonds. The zero-order chi connectivity index (χ0) is 12.7. The van der Waals surface area contributed by atoms with Crippen LogP contribution in [0.5, 0.6) is 11.5 Å². The third-order valence-electron chi connectivity index (χ3n) is 2.07. The van der Waals surface area contributed by atoms with Gasteiger partial charge in [-0.15, -0.1) is 0 Å². The molecule has 0 fully saturated rings. The number of amides is 1. The van der Waals surface area contributed by atoms with Gasteiger partial charge in [0.25, 0.3) is 0 Å². The van der Waals surface area contributed by atoms with Crippen molar-refractivity contribution in [2.75, 3.05) is 32.8 Å². The summed E-state index contributed by atoms with van der Waals surface area (Å²) in [5.74, 6) is 1.04. The van der Waals surface area contributed by atoms with E-state index in [1.165, 1.54) is 0 Å². The summed E-state index contributed by atoms with van der Waals surface area (Å²) in [5.41, 5.74) is 0.617. The number of carbonyl (C=O) groups is 1. The quantitative estimate of drug-likeness (QED) is 0.820. The maximum Gasteiger partial charge on any atom is 0.250 e. The molecule has 1 rings (SSSR count). The minimum Gasteiger partial charge on any atom is -0.497 e. The molecule has 0 radical (unpaired) electrons. The van der Waals surface area contributed by atoms with E-state index >= 15 is 0 Å². The van der Waals surface area contributed by atoms with Crippen LogP contribution in [-0.4, -0.2) is 33.3 Å². The summed E-state index contributed by atoms with van der Waals surface area (Å²) in [6.45, 7) is 2.38. The third kappa shape index (κ3) is 4.32. The molecule has 0 saturated heterocycles. The van der Waals surface area contributed by atoms with Crippen LogP contribution in [-0.2, 0) is 9.53 Å². The highest BCUT2D eigenvalue weighted by molar-refractivity contribution is 5.92. The monoisotopic (exact) mass is 239 g/mol. The molecule has 0 spiro atoms. The maximum absolute atomic E-state index is 11.5. The standard InChI is InChI=1S/C12H17NO4/c1-4-17-8-12(14)13-9-5-10(15-2)7-11(6-9)16-3/h5-7H,4,8H2,1-3H3,(H,13,14). The minimum atomic E-state index is -0.206. The van der Waals surface area contributed by atoms with Gasteiger partial charge in [-0.25, -0.2) is 0 Å². The first kappa shape index (κ1) is 13.3. The molecule has 0 aliphatic carbocycles. The molecule has 0 atom stereocenters. The van der Waals surface area contributed by atoms with Crippen molar-refractivity contribution in [1.82, 2.24) is 0 Å². The molecule has 1 aromatic rings. The maximum atomic E-state index is 11.5.